The predicted octanol–water partition coefficient (Wildman–Crippen LogP) is 12.7. The lowest BCUT2D eigenvalue weighted by Crippen LogP contribution is -2.08. The third-order valence-corrected chi connectivity index (χ3v) is 10.8. The van der Waals surface area contributed by atoms with Crippen LogP contribution in [0, 0.1) is 0 Å². The van der Waals surface area contributed by atoms with Gasteiger partial charge in [0.1, 0.15) is 5.00 Å². The summed E-state index contributed by atoms with van der Waals surface area (Å²) in [6.45, 7) is 0. The van der Waals surface area contributed by atoms with Crippen LogP contribution < -0.4 is 4.90 Å². The average molecular weight is 698 g/mol. The Morgan fingerprint density at radius 1 is 0.491 bits per heavy atom. The van der Waals surface area contributed by atoms with Crippen molar-refractivity contribution < 1.29 is 0 Å². The Balaban J connectivity index is 1.12. The van der Waals surface area contributed by atoms with E-state index >= 15 is 0 Å². The third-order valence-electron chi connectivity index (χ3n) is 9.68. The molecule has 5 nitrogen and oxygen atoms in total. The zero-order valence-corrected chi connectivity index (χ0v) is 29.4. The van der Waals surface area contributed by atoms with Gasteiger partial charge in [-0.25, -0.2) is 4.98 Å². The van der Waals surface area contributed by atoms with Gasteiger partial charge < -0.3 is 9.47 Å². The maximum Gasteiger partial charge on any atom is 0.101 e. The maximum atomic E-state index is 5.23. The van der Waals surface area contributed by atoms with E-state index in [-0.39, 0.29) is 0 Å². The first-order valence-electron chi connectivity index (χ1n) is 17.6. The SMILES string of the molecule is c1ccc(-n2c3ccc(-c4ccc(N(c5cccc(-c6ccccn6)c5)c5cccc(-c6ccccn6)c5)s4)cc3c3nc4ccccc4cc32)cc1. The summed E-state index contributed by atoms with van der Waals surface area (Å²) in [7, 11) is 0. The van der Waals surface area contributed by atoms with Crippen LogP contribution in [0.5, 0.6) is 0 Å². The lowest BCUT2D eigenvalue weighted by molar-refractivity contribution is 1.18. The molecule has 0 unspecified atom stereocenters. The minimum Gasteiger partial charge on any atom is -0.308 e. The third kappa shape index (κ3) is 5.62. The fraction of sp³-hybridized carbons (Fsp3) is 0. The highest BCUT2D eigenvalue weighted by Crippen LogP contribution is 2.44. The van der Waals surface area contributed by atoms with Crippen molar-refractivity contribution in [2.45, 2.75) is 0 Å². The molecule has 0 spiro atoms. The van der Waals surface area contributed by atoms with Crippen molar-refractivity contribution in [3.8, 4) is 38.6 Å². The quantitative estimate of drug-likeness (QED) is 0.166. The van der Waals surface area contributed by atoms with Gasteiger partial charge in [-0.1, -0.05) is 78.9 Å². The summed E-state index contributed by atoms with van der Waals surface area (Å²) in [6.07, 6.45) is 3.68. The van der Waals surface area contributed by atoms with Crippen LogP contribution in [0.2, 0.25) is 0 Å². The highest BCUT2D eigenvalue weighted by atomic mass is 32.1. The average Bonchev–Trinajstić information content (AvgIpc) is 3.84. The van der Waals surface area contributed by atoms with Gasteiger partial charge in [-0.3, -0.25) is 9.97 Å². The number of aromatic nitrogens is 4. The summed E-state index contributed by atoms with van der Waals surface area (Å²) < 4.78 is 2.33. The second-order valence-electron chi connectivity index (χ2n) is 13.0. The number of nitrogens with zero attached hydrogens (tertiary/aromatic N) is 5. The molecular weight excluding hydrogens is 667 g/mol. The molecule has 5 aromatic heterocycles. The van der Waals surface area contributed by atoms with Gasteiger partial charge in [0, 0.05) is 56.2 Å². The number of pyridine rings is 3. The van der Waals surface area contributed by atoms with Gasteiger partial charge in [0.25, 0.3) is 0 Å². The van der Waals surface area contributed by atoms with Crippen LogP contribution in [0.4, 0.5) is 16.4 Å². The normalized spacial score (nSPS) is 11.4. The number of hydrogen-bond donors (Lipinski definition) is 0. The highest BCUT2D eigenvalue weighted by Gasteiger charge is 2.19. The molecule has 0 amide bonds. The van der Waals surface area contributed by atoms with E-state index in [1.807, 2.05) is 36.7 Å². The van der Waals surface area contributed by atoms with Crippen LogP contribution in [-0.4, -0.2) is 19.5 Å². The van der Waals surface area contributed by atoms with Crippen molar-refractivity contribution in [2.24, 2.45) is 0 Å². The second kappa shape index (κ2) is 13.0. The number of rotatable bonds is 7. The van der Waals surface area contributed by atoms with E-state index in [4.69, 9.17) is 4.98 Å². The Hall–Kier alpha value is -6.89. The van der Waals surface area contributed by atoms with Gasteiger partial charge in [-0.05, 0) is 103 Å². The van der Waals surface area contributed by atoms with Gasteiger partial charge in [0.2, 0.25) is 0 Å². The summed E-state index contributed by atoms with van der Waals surface area (Å²) in [5.41, 5.74) is 12.6. The van der Waals surface area contributed by atoms with Crippen molar-refractivity contribution in [1.29, 1.82) is 0 Å². The second-order valence-corrected chi connectivity index (χ2v) is 14.0. The molecule has 5 heterocycles. The molecule has 0 aliphatic rings. The molecule has 5 aromatic carbocycles. The molecule has 6 heteroatoms. The van der Waals surface area contributed by atoms with Crippen molar-refractivity contribution in [1.82, 2.24) is 19.5 Å². The maximum absolute atomic E-state index is 5.23. The smallest absolute Gasteiger partial charge is 0.101 e. The van der Waals surface area contributed by atoms with Crippen LogP contribution in [0.25, 0.3) is 71.5 Å². The number of thiophene rings is 1. The molecule has 10 aromatic rings. The lowest BCUT2D eigenvalue weighted by Gasteiger charge is -2.24. The Bertz CT molecular complexity index is 2820. The molecule has 53 heavy (non-hydrogen) atoms. The molecular formula is C47H31N5S. The zero-order chi connectivity index (χ0) is 35.1. The van der Waals surface area contributed by atoms with Gasteiger partial charge in [-0.2, -0.15) is 0 Å². The number of anilines is 3. The predicted molar refractivity (Wildman–Crippen MR) is 221 cm³/mol. The van der Waals surface area contributed by atoms with Gasteiger partial charge in [-0.15, -0.1) is 11.3 Å². The molecule has 10 rings (SSSR count). The minimum absolute atomic E-state index is 0.938. The van der Waals surface area contributed by atoms with Crippen LogP contribution in [0.1, 0.15) is 0 Å². The number of benzene rings is 5. The fourth-order valence-electron chi connectivity index (χ4n) is 7.21. The number of para-hydroxylation sites is 2. The summed E-state index contributed by atoms with van der Waals surface area (Å²) >= 11 is 1.77. The zero-order valence-electron chi connectivity index (χ0n) is 28.5. The molecule has 0 fully saturated rings. The van der Waals surface area contributed by atoms with Gasteiger partial charge >= 0.3 is 0 Å². The van der Waals surface area contributed by atoms with Crippen molar-refractivity contribution >= 4 is 60.6 Å². The molecule has 0 saturated heterocycles. The van der Waals surface area contributed by atoms with Crippen molar-refractivity contribution in [3.05, 3.63) is 188 Å². The summed E-state index contributed by atoms with van der Waals surface area (Å²) in [6, 6.07) is 61.7. The standard InChI is InChI=1S/C47H31N5S/c1-2-15-36(16-3-1)52-43-23-22-35(30-39(43)47-44(52)31-34-12-4-5-21-42(34)50-47)45-24-25-46(53-45)51(37-17-10-13-32(28-37)40-19-6-8-26-48-40)38-18-11-14-33(29-38)41-20-7-9-27-49-41/h1-31H. The first kappa shape index (κ1) is 30.9. The summed E-state index contributed by atoms with van der Waals surface area (Å²) in [5.74, 6) is 0. The van der Waals surface area contributed by atoms with E-state index in [9.17, 15) is 0 Å². The highest BCUT2D eigenvalue weighted by molar-refractivity contribution is 7.19. The Morgan fingerprint density at radius 3 is 1.87 bits per heavy atom. The Kier molecular flexibility index (Phi) is 7.59. The minimum atomic E-state index is 0.938. The summed E-state index contributed by atoms with van der Waals surface area (Å²) in [5, 5.41) is 3.36. The van der Waals surface area contributed by atoms with Crippen molar-refractivity contribution in [2.75, 3.05) is 4.90 Å². The molecule has 0 radical (unpaired) electrons. The molecule has 0 saturated carbocycles. The molecule has 0 N–H and O–H groups in total. The van der Waals surface area contributed by atoms with Gasteiger partial charge in [0.05, 0.1) is 33.5 Å². The summed E-state index contributed by atoms with van der Waals surface area (Å²) in [4.78, 5) is 18.0. The van der Waals surface area contributed by atoms with E-state index in [0.717, 1.165) is 83.0 Å². The van der Waals surface area contributed by atoms with E-state index in [1.54, 1.807) is 11.3 Å². The fourth-order valence-corrected chi connectivity index (χ4v) is 8.26. The number of fused-ring (bicyclic) bond motifs is 4. The molecule has 250 valence electrons. The lowest BCUT2D eigenvalue weighted by atomic mass is 10.1. The topological polar surface area (TPSA) is 46.8 Å². The van der Waals surface area contributed by atoms with Crippen molar-refractivity contribution in [3.63, 3.8) is 0 Å². The van der Waals surface area contributed by atoms with E-state index in [0.29, 0.717) is 0 Å². The van der Waals surface area contributed by atoms with Crippen LogP contribution in [0.3, 0.4) is 0 Å². The van der Waals surface area contributed by atoms with Crippen LogP contribution in [0.15, 0.2) is 188 Å². The van der Waals surface area contributed by atoms with E-state index in [2.05, 4.69) is 171 Å². The Labute approximate surface area is 310 Å². The molecule has 0 bridgehead atoms. The van der Waals surface area contributed by atoms with Crippen LogP contribution >= 0.6 is 11.3 Å². The van der Waals surface area contributed by atoms with Crippen LogP contribution in [-0.2, 0) is 0 Å². The first-order valence-corrected chi connectivity index (χ1v) is 18.4. The monoisotopic (exact) mass is 697 g/mol. The van der Waals surface area contributed by atoms with Gasteiger partial charge in [0.15, 0.2) is 0 Å². The largest absolute Gasteiger partial charge is 0.308 e. The first-order chi connectivity index (χ1) is 26.3. The molecule has 0 atom stereocenters. The number of hydrogen-bond acceptors (Lipinski definition) is 5. The van der Waals surface area contributed by atoms with E-state index < -0.39 is 0 Å². The van der Waals surface area contributed by atoms with E-state index in [1.165, 1.54) is 4.88 Å². The molecule has 0 aliphatic heterocycles. The Morgan fingerprint density at radius 2 is 1.17 bits per heavy atom. The molecule has 0 aliphatic carbocycles.